The summed E-state index contributed by atoms with van der Waals surface area (Å²) in [6.45, 7) is 1.93. The lowest BCUT2D eigenvalue weighted by molar-refractivity contribution is 0.198. The summed E-state index contributed by atoms with van der Waals surface area (Å²) in [4.78, 5) is 2.11. The van der Waals surface area contributed by atoms with Gasteiger partial charge in [-0.3, -0.25) is 9.47 Å². The quantitative estimate of drug-likeness (QED) is 0.585. The highest BCUT2D eigenvalue weighted by Crippen LogP contribution is 2.15. The van der Waals surface area contributed by atoms with E-state index in [0.29, 0.717) is 23.1 Å². The van der Waals surface area contributed by atoms with Crippen LogP contribution in [0.2, 0.25) is 5.02 Å². The molecule has 0 saturated carbocycles. The lowest BCUT2D eigenvalue weighted by Crippen LogP contribution is -2.27. The molecule has 1 heterocycles. The van der Waals surface area contributed by atoms with Crippen molar-refractivity contribution >= 4 is 23.8 Å². The molecule has 0 bridgehead atoms. The van der Waals surface area contributed by atoms with E-state index in [1.807, 2.05) is 66.2 Å². The molecule has 0 N–H and O–H groups in total. The van der Waals surface area contributed by atoms with Crippen LogP contribution < -0.4 is 4.74 Å². The van der Waals surface area contributed by atoms with Crippen molar-refractivity contribution in [1.29, 1.82) is 0 Å². The van der Waals surface area contributed by atoms with Gasteiger partial charge >= 0.3 is 0 Å². The number of likely N-dealkylation sites (N-methyl/N-ethyl adjacent to an activating group) is 1. The molecule has 0 amide bonds. The summed E-state index contributed by atoms with van der Waals surface area (Å²) in [6.07, 6.45) is 1.75. The van der Waals surface area contributed by atoms with Gasteiger partial charge in [0.05, 0.1) is 6.67 Å². The van der Waals surface area contributed by atoms with Crippen molar-refractivity contribution in [3.63, 3.8) is 0 Å². The predicted octanol–water partition coefficient (Wildman–Crippen LogP) is 4.02. The van der Waals surface area contributed by atoms with Gasteiger partial charge in [0.25, 0.3) is 0 Å². The molecule has 130 valence electrons. The van der Waals surface area contributed by atoms with Gasteiger partial charge in [-0.1, -0.05) is 29.8 Å². The average molecular weight is 375 g/mol. The van der Waals surface area contributed by atoms with Crippen LogP contribution in [0, 0.1) is 4.77 Å². The summed E-state index contributed by atoms with van der Waals surface area (Å²) < 4.78 is 10.1. The molecule has 0 aliphatic heterocycles. The maximum Gasteiger partial charge on any atom is 0.203 e. The number of halogens is 1. The first-order chi connectivity index (χ1) is 12.1. The van der Waals surface area contributed by atoms with Crippen LogP contribution >= 0.6 is 23.8 Å². The molecular formula is C18H19ClN4OS. The zero-order chi connectivity index (χ0) is 17.6. The zero-order valence-electron chi connectivity index (χ0n) is 13.9. The standard InChI is InChI=1S/C18H19ClN4OS/c1-21(11-12-24-17-9-7-15(19)8-10-17)14-23-18(25)22(13-20-23)16-5-3-2-4-6-16/h2-10,13H,11-12,14H2,1H3. The topological polar surface area (TPSA) is 35.2 Å². The fraction of sp³-hybridized carbons (Fsp3) is 0.222. The molecule has 0 atom stereocenters. The first-order valence-electron chi connectivity index (χ1n) is 7.90. The predicted molar refractivity (Wildman–Crippen MR) is 102 cm³/mol. The Bertz CT molecular complexity index is 861. The summed E-state index contributed by atoms with van der Waals surface area (Å²) in [5, 5.41) is 5.09. The van der Waals surface area contributed by atoms with E-state index in [4.69, 9.17) is 28.6 Å². The van der Waals surface area contributed by atoms with Gasteiger partial charge in [-0.2, -0.15) is 5.10 Å². The van der Waals surface area contributed by atoms with Crippen molar-refractivity contribution in [2.24, 2.45) is 0 Å². The van der Waals surface area contributed by atoms with Gasteiger partial charge in [0, 0.05) is 17.3 Å². The van der Waals surface area contributed by atoms with Crippen LogP contribution in [-0.4, -0.2) is 39.4 Å². The first-order valence-corrected chi connectivity index (χ1v) is 8.69. The molecule has 25 heavy (non-hydrogen) atoms. The fourth-order valence-electron chi connectivity index (χ4n) is 2.35. The van der Waals surface area contributed by atoms with Crippen LogP contribution in [0.4, 0.5) is 0 Å². The van der Waals surface area contributed by atoms with Crippen molar-refractivity contribution in [2.45, 2.75) is 6.67 Å². The van der Waals surface area contributed by atoms with E-state index in [9.17, 15) is 0 Å². The number of benzene rings is 2. The number of rotatable bonds is 7. The molecule has 3 aromatic rings. The third-order valence-corrected chi connectivity index (χ3v) is 4.36. The van der Waals surface area contributed by atoms with E-state index in [1.165, 1.54) is 0 Å². The van der Waals surface area contributed by atoms with Crippen molar-refractivity contribution < 1.29 is 4.74 Å². The maximum absolute atomic E-state index is 5.86. The highest BCUT2D eigenvalue weighted by Gasteiger charge is 2.06. The van der Waals surface area contributed by atoms with Gasteiger partial charge in [-0.15, -0.1) is 0 Å². The van der Waals surface area contributed by atoms with E-state index in [2.05, 4.69) is 10.00 Å². The Kier molecular flexibility index (Phi) is 5.86. The Morgan fingerprint density at radius 2 is 1.84 bits per heavy atom. The summed E-state index contributed by atoms with van der Waals surface area (Å²) >= 11 is 11.4. The first kappa shape index (κ1) is 17.7. The Morgan fingerprint density at radius 1 is 1.12 bits per heavy atom. The van der Waals surface area contributed by atoms with Crippen LogP contribution in [-0.2, 0) is 6.67 Å². The SMILES string of the molecule is CN(CCOc1ccc(Cl)cc1)Cn1ncn(-c2ccccc2)c1=S. The molecule has 2 aromatic carbocycles. The van der Waals surface area contributed by atoms with Crippen molar-refractivity contribution in [3.8, 4) is 11.4 Å². The summed E-state index contributed by atoms with van der Waals surface area (Å²) in [5.41, 5.74) is 1.01. The van der Waals surface area contributed by atoms with E-state index >= 15 is 0 Å². The number of para-hydroxylation sites is 1. The van der Waals surface area contributed by atoms with Crippen LogP contribution in [0.15, 0.2) is 60.9 Å². The molecule has 0 radical (unpaired) electrons. The second kappa shape index (κ2) is 8.29. The van der Waals surface area contributed by atoms with Crippen molar-refractivity contribution in [1.82, 2.24) is 19.2 Å². The van der Waals surface area contributed by atoms with Crippen LogP contribution in [0.5, 0.6) is 5.75 Å². The van der Waals surface area contributed by atoms with E-state index in [1.54, 1.807) is 11.0 Å². The average Bonchev–Trinajstić information content (AvgIpc) is 2.98. The molecule has 0 aliphatic rings. The maximum atomic E-state index is 5.86. The highest BCUT2D eigenvalue weighted by atomic mass is 35.5. The zero-order valence-corrected chi connectivity index (χ0v) is 15.5. The van der Waals surface area contributed by atoms with Gasteiger partial charge in [-0.25, -0.2) is 4.68 Å². The minimum Gasteiger partial charge on any atom is -0.492 e. The lowest BCUT2D eigenvalue weighted by atomic mass is 10.3. The summed E-state index contributed by atoms with van der Waals surface area (Å²) in [7, 11) is 2.01. The summed E-state index contributed by atoms with van der Waals surface area (Å²) in [5.74, 6) is 0.808. The number of hydrogen-bond donors (Lipinski definition) is 0. The number of nitrogens with zero attached hydrogens (tertiary/aromatic N) is 4. The molecule has 7 heteroatoms. The Morgan fingerprint density at radius 3 is 2.56 bits per heavy atom. The largest absolute Gasteiger partial charge is 0.492 e. The smallest absolute Gasteiger partial charge is 0.203 e. The van der Waals surface area contributed by atoms with Gasteiger partial charge in [0.2, 0.25) is 4.77 Å². The minimum atomic E-state index is 0.574. The molecule has 3 rings (SSSR count). The van der Waals surface area contributed by atoms with E-state index < -0.39 is 0 Å². The molecule has 0 unspecified atom stereocenters. The van der Waals surface area contributed by atoms with Gasteiger partial charge in [-0.05, 0) is 55.7 Å². The fourth-order valence-corrected chi connectivity index (χ4v) is 2.73. The number of aromatic nitrogens is 3. The molecule has 0 saturated heterocycles. The monoisotopic (exact) mass is 374 g/mol. The third kappa shape index (κ3) is 4.69. The lowest BCUT2D eigenvalue weighted by Gasteiger charge is -2.16. The normalized spacial score (nSPS) is 11.0. The van der Waals surface area contributed by atoms with E-state index in [0.717, 1.165) is 18.0 Å². The van der Waals surface area contributed by atoms with Gasteiger partial charge in [0.1, 0.15) is 18.7 Å². The Labute approximate surface area is 157 Å². The molecule has 0 spiro atoms. The Balaban J connectivity index is 1.55. The minimum absolute atomic E-state index is 0.574. The molecule has 1 aromatic heterocycles. The summed E-state index contributed by atoms with van der Waals surface area (Å²) in [6, 6.07) is 17.3. The van der Waals surface area contributed by atoms with Crippen molar-refractivity contribution in [3.05, 3.63) is 70.7 Å². The second-order valence-electron chi connectivity index (χ2n) is 5.64. The Hall–Kier alpha value is -2.15. The number of ether oxygens (including phenoxy) is 1. The van der Waals surface area contributed by atoms with E-state index in [-0.39, 0.29) is 0 Å². The highest BCUT2D eigenvalue weighted by molar-refractivity contribution is 7.71. The molecule has 5 nitrogen and oxygen atoms in total. The van der Waals surface area contributed by atoms with Crippen LogP contribution in [0.1, 0.15) is 0 Å². The van der Waals surface area contributed by atoms with Crippen LogP contribution in [0.3, 0.4) is 0 Å². The van der Waals surface area contributed by atoms with Crippen LogP contribution in [0.25, 0.3) is 5.69 Å². The molecular weight excluding hydrogens is 356 g/mol. The third-order valence-electron chi connectivity index (χ3n) is 3.70. The molecule has 0 fully saturated rings. The van der Waals surface area contributed by atoms with Crippen molar-refractivity contribution in [2.75, 3.05) is 20.2 Å². The number of hydrogen-bond acceptors (Lipinski definition) is 4. The molecule has 0 aliphatic carbocycles. The van der Waals surface area contributed by atoms with Gasteiger partial charge in [0.15, 0.2) is 0 Å². The second-order valence-corrected chi connectivity index (χ2v) is 6.44. The van der Waals surface area contributed by atoms with Gasteiger partial charge < -0.3 is 4.74 Å².